The maximum Gasteiger partial charge on any atom is 0.309 e. The third kappa shape index (κ3) is 5.54. The van der Waals surface area contributed by atoms with Gasteiger partial charge in [0, 0.05) is 52.9 Å². The topological polar surface area (TPSA) is 87.0 Å². The Balaban J connectivity index is 1.53. The largest absolute Gasteiger partial charge is 0.469 e. The number of carbonyl (C=O) groups is 2. The highest BCUT2D eigenvalue weighted by molar-refractivity contribution is 7.98. The van der Waals surface area contributed by atoms with Crippen molar-refractivity contribution >= 4 is 45.3 Å². The van der Waals surface area contributed by atoms with Crippen molar-refractivity contribution in [2.24, 2.45) is 5.92 Å². The number of H-pyrrole nitrogens is 2. The fourth-order valence-electron chi connectivity index (χ4n) is 4.51. The predicted octanol–water partition coefficient (Wildman–Crippen LogP) is 4.50. The zero-order valence-electron chi connectivity index (χ0n) is 19.6. The molecule has 2 atom stereocenters. The van der Waals surface area contributed by atoms with E-state index < -0.39 is 5.92 Å². The van der Waals surface area contributed by atoms with Gasteiger partial charge in [-0.2, -0.15) is 11.8 Å². The van der Waals surface area contributed by atoms with Crippen LogP contribution >= 0.6 is 11.8 Å². The van der Waals surface area contributed by atoms with Crippen molar-refractivity contribution in [3.63, 3.8) is 0 Å². The Morgan fingerprint density at radius 3 is 2.12 bits per heavy atom. The first kappa shape index (κ1) is 24.1. The van der Waals surface area contributed by atoms with E-state index in [2.05, 4.69) is 21.4 Å². The van der Waals surface area contributed by atoms with E-state index in [1.807, 2.05) is 61.1 Å². The van der Waals surface area contributed by atoms with E-state index in [0.717, 1.165) is 45.2 Å². The molecular formula is C27H31N3O3S. The Labute approximate surface area is 203 Å². The standard InChI is InChI=1S/C27H31N3O3S/c1-33-27(32)18(13-19-16-29-23-9-5-3-7-21(19)23)15-26(31)25(28-11-12-34-2)14-20-17-30-24-10-6-4-8-22(20)24/h3-10,16-18,25,28-30H,11-15H2,1-2H3. The number of hydrogen-bond donors (Lipinski definition) is 3. The summed E-state index contributed by atoms with van der Waals surface area (Å²) >= 11 is 1.73. The van der Waals surface area contributed by atoms with Crippen LogP contribution < -0.4 is 5.32 Å². The number of esters is 1. The van der Waals surface area contributed by atoms with E-state index in [9.17, 15) is 9.59 Å². The average Bonchev–Trinajstić information content (AvgIpc) is 3.47. The van der Waals surface area contributed by atoms with Crippen LogP contribution in [0.1, 0.15) is 17.5 Å². The fourth-order valence-corrected chi connectivity index (χ4v) is 4.83. The van der Waals surface area contributed by atoms with Gasteiger partial charge in [0.2, 0.25) is 0 Å². The number of fused-ring (bicyclic) bond motifs is 2. The lowest BCUT2D eigenvalue weighted by atomic mass is 9.90. The van der Waals surface area contributed by atoms with E-state index in [-0.39, 0.29) is 24.2 Å². The minimum absolute atomic E-state index is 0.0293. The van der Waals surface area contributed by atoms with Gasteiger partial charge in [0.1, 0.15) is 0 Å². The summed E-state index contributed by atoms with van der Waals surface area (Å²) in [6, 6.07) is 15.7. The molecule has 6 nitrogen and oxygen atoms in total. The third-order valence-corrected chi connectivity index (χ3v) is 6.92. The molecular weight excluding hydrogens is 446 g/mol. The summed E-state index contributed by atoms with van der Waals surface area (Å²) in [6.45, 7) is 0.727. The number of aromatic amines is 2. The summed E-state index contributed by atoms with van der Waals surface area (Å²) in [6.07, 6.45) is 7.10. The molecule has 0 saturated heterocycles. The maximum atomic E-state index is 13.5. The molecule has 0 saturated carbocycles. The first-order valence-electron chi connectivity index (χ1n) is 11.5. The smallest absolute Gasteiger partial charge is 0.309 e. The second kappa shape index (κ2) is 11.4. The van der Waals surface area contributed by atoms with Gasteiger partial charge in [0.25, 0.3) is 0 Å². The van der Waals surface area contributed by atoms with Gasteiger partial charge in [-0.15, -0.1) is 0 Å². The van der Waals surface area contributed by atoms with Gasteiger partial charge in [-0.25, -0.2) is 0 Å². The number of hydrogen-bond acceptors (Lipinski definition) is 5. The Bertz CT molecular complexity index is 1260. The van der Waals surface area contributed by atoms with Gasteiger partial charge in [-0.3, -0.25) is 9.59 Å². The Morgan fingerprint density at radius 2 is 1.53 bits per heavy atom. The monoisotopic (exact) mass is 477 g/mol. The molecule has 0 spiro atoms. The lowest BCUT2D eigenvalue weighted by Crippen LogP contribution is -2.41. The molecule has 178 valence electrons. The van der Waals surface area contributed by atoms with Crippen LogP contribution in [0, 0.1) is 5.92 Å². The van der Waals surface area contributed by atoms with E-state index in [4.69, 9.17) is 4.74 Å². The Morgan fingerprint density at radius 1 is 0.941 bits per heavy atom. The predicted molar refractivity (Wildman–Crippen MR) is 139 cm³/mol. The normalized spacial score (nSPS) is 13.2. The maximum absolute atomic E-state index is 13.5. The highest BCUT2D eigenvalue weighted by Crippen LogP contribution is 2.24. The molecule has 0 aliphatic heterocycles. The Kier molecular flexibility index (Phi) is 8.08. The second-order valence-electron chi connectivity index (χ2n) is 8.52. The number of para-hydroxylation sites is 2. The van der Waals surface area contributed by atoms with Crippen LogP contribution in [0.2, 0.25) is 0 Å². The van der Waals surface area contributed by atoms with Crippen molar-refractivity contribution in [1.82, 2.24) is 15.3 Å². The Hall–Kier alpha value is -3.03. The van der Waals surface area contributed by atoms with E-state index in [1.165, 1.54) is 7.11 Å². The molecule has 34 heavy (non-hydrogen) atoms. The number of rotatable bonds is 12. The number of ether oxygens (including phenoxy) is 1. The highest BCUT2D eigenvalue weighted by Gasteiger charge is 2.28. The molecule has 3 N–H and O–H groups in total. The van der Waals surface area contributed by atoms with Crippen LogP contribution in [0.5, 0.6) is 0 Å². The van der Waals surface area contributed by atoms with Crippen molar-refractivity contribution in [2.45, 2.75) is 25.3 Å². The van der Waals surface area contributed by atoms with E-state index in [1.54, 1.807) is 11.8 Å². The molecule has 2 aromatic heterocycles. The van der Waals surface area contributed by atoms with Crippen molar-refractivity contribution in [1.29, 1.82) is 0 Å². The number of ketones is 1. The van der Waals surface area contributed by atoms with Crippen molar-refractivity contribution in [3.05, 3.63) is 72.1 Å². The van der Waals surface area contributed by atoms with Gasteiger partial charge in [0.05, 0.1) is 19.1 Å². The zero-order valence-corrected chi connectivity index (χ0v) is 20.4. The lowest BCUT2D eigenvalue weighted by molar-refractivity contribution is -0.147. The minimum atomic E-state index is -0.537. The van der Waals surface area contributed by atoms with Crippen molar-refractivity contribution in [2.75, 3.05) is 25.7 Å². The van der Waals surface area contributed by atoms with Crippen molar-refractivity contribution in [3.8, 4) is 0 Å². The molecule has 0 amide bonds. The first-order chi connectivity index (χ1) is 16.6. The zero-order chi connectivity index (χ0) is 23.9. The number of methoxy groups -OCH3 is 1. The number of aromatic nitrogens is 2. The van der Waals surface area contributed by atoms with Crippen LogP contribution in [0.25, 0.3) is 21.8 Å². The van der Waals surface area contributed by atoms with Gasteiger partial charge < -0.3 is 20.0 Å². The van der Waals surface area contributed by atoms with Gasteiger partial charge in [-0.05, 0) is 42.4 Å². The van der Waals surface area contributed by atoms with Gasteiger partial charge in [0.15, 0.2) is 5.78 Å². The van der Waals surface area contributed by atoms with Crippen molar-refractivity contribution < 1.29 is 14.3 Å². The van der Waals surface area contributed by atoms with Gasteiger partial charge >= 0.3 is 5.97 Å². The summed E-state index contributed by atoms with van der Waals surface area (Å²) in [4.78, 5) is 32.7. The van der Waals surface area contributed by atoms with Crippen LogP contribution in [0.15, 0.2) is 60.9 Å². The summed E-state index contributed by atoms with van der Waals surface area (Å²) in [5.41, 5.74) is 4.18. The minimum Gasteiger partial charge on any atom is -0.469 e. The summed E-state index contributed by atoms with van der Waals surface area (Å²) in [7, 11) is 1.38. The molecule has 2 unspecified atom stereocenters. The van der Waals surface area contributed by atoms with E-state index >= 15 is 0 Å². The number of benzene rings is 2. The van der Waals surface area contributed by atoms with Crippen LogP contribution in [-0.4, -0.2) is 53.4 Å². The molecule has 2 heterocycles. The second-order valence-corrected chi connectivity index (χ2v) is 9.50. The molecule has 2 aromatic carbocycles. The summed E-state index contributed by atoms with van der Waals surface area (Å²) in [5, 5.41) is 5.62. The number of nitrogens with one attached hydrogen (secondary N) is 3. The molecule has 0 bridgehead atoms. The van der Waals surface area contributed by atoms with Gasteiger partial charge in [-0.1, -0.05) is 36.4 Å². The number of thioether (sulfide) groups is 1. The average molecular weight is 478 g/mol. The number of carbonyl (C=O) groups excluding carboxylic acids is 2. The van der Waals surface area contributed by atoms with Crippen LogP contribution in [0.3, 0.4) is 0 Å². The molecule has 4 rings (SSSR count). The third-order valence-electron chi connectivity index (χ3n) is 6.31. The molecule has 0 radical (unpaired) electrons. The molecule has 0 aliphatic carbocycles. The first-order valence-corrected chi connectivity index (χ1v) is 12.9. The highest BCUT2D eigenvalue weighted by atomic mass is 32.2. The SMILES string of the molecule is COC(=O)C(CC(=O)C(Cc1c[nH]c2ccccc12)NCCSC)Cc1c[nH]c2ccccc12. The summed E-state index contributed by atoms with van der Waals surface area (Å²) < 4.78 is 5.09. The van der Waals surface area contributed by atoms with Crippen LogP contribution in [0.4, 0.5) is 0 Å². The quantitative estimate of drug-likeness (QED) is 0.207. The summed E-state index contributed by atoms with van der Waals surface area (Å²) in [5.74, 6) is 0.0488. The molecule has 0 fully saturated rings. The molecule has 0 aliphatic rings. The van der Waals surface area contributed by atoms with Crippen LogP contribution in [-0.2, 0) is 27.2 Å². The molecule has 7 heteroatoms. The fraction of sp³-hybridized carbons (Fsp3) is 0.333. The molecule has 4 aromatic rings. The number of Topliss-reactive ketones (excluding diaryl/α,β-unsaturated/α-hetero) is 1. The lowest BCUT2D eigenvalue weighted by Gasteiger charge is -2.20. The van der Waals surface area contributed by atoms with E-state index in [0.29, 0.717) is 12.8 Å².